The van der Waals surface area contributed by atoms with Gasteiger partial charge in [-0.05, 0) is 56.5 Å². The van der Waals surface area contributed by atoms with Gasteiger partial charge >= 0.3 is 0 Å². The molecule has 92 valence electrons. The molecule has 2 rings (SSSR count). The smallest absolute Gasteiger partial charge is 0.234 e. The van der Waals surface area contributed by atoms with E-state index < -0.39 is 5.41 Å². The van der Waals surface area contributed by atoms with E-state index in [-0.39, 0.29) is 5.91 Å². The highest BCUT2D eigenvalue weighted by Gasteiger charge is 2.39. The fourth-order valence-corrected chi connectivity index (χ4v) is 2.69. The molecule has 1 heterocycles. The molecule has 0 fully saturated rings. The van der Waals surface area contributed by atoms with Crippen molar-refractivity contribution >= 4 is 27.5 Å². The number of carbonyl (C=O) groups excluding carboxylic acids is 1. The van der Waals surface area contributed by atoms with Gasteiger partial charge in [0.1, 0.15) is 0 Å². The van der Waals surface area contributed by atoms with Gasteiger partial charge < -0.3 is 11.1 Å². The average Bonchev–Trinajstić information content (AvgIpc) is 2.49. The topological polar surface area (TPSA) is 55.1 Å². The highest BCUT2D eigenvalue weighted by Crippen LogP contribution is 2.41. The highest BCUT2D eigenvalue weighted by atomic mass is 79.9. The summed E-state index contributed by atoms with van der Waals surface area (Å²) in [5.74, 6) is 0.0691. The molecule has 0 unspecified atom stereocenters. The molecule has 0 aromatic heterocycles. The minimum atomic E-state index is -0.448. The Morgan fingerprint density at radius 3 is 2.76 bits per heavy atom. The summed E-state index contributed by atoms with van der Waals surface area (Å²) in [5.41, 5.74) is 8.31. The van der Waals surface area contributed by atoms with Crippen molar-refractivity contribution in [3.8, 4) is 0 Å². The zero-order chi connectivity index (χ0) is 12.6. The predicted octanol–water partition coefficient (Wildman–Crippen LogP) is 2.57. The number of nitrogens with one attached hydrogen (secondary N) is 1. The van der Waals surface area contributed by atoms with Crippen LogP contribution in [0.3, 0.4) is 0 Å². The van der Waals surface area contributed by atoms with Crippen molar-refractivity contribution in [3.05, 3.63) is 27.7 Å². The van der Waals surface area contributed by atoms with Crippen molar-refractivity contribution in [1.82, 2.24) is 0 Å². The number of benzene rings is 1. The van der Waals surface area contributed by atoms with Gasteiger partial charge in [0.15, 0.2) is 0 Å². The fraction of sp³-hybridized carbons (Fsp3) is 0.462. The van der Waals surface area contributed by atoms with Gasteiger partial charge in [-0.2, -0.15) is 0 Å². The number of hydrogen-bond donors (Lipinski definition) is 2. The molecule has 17 heavy (non-hydrogen) atoms. The van der Waals surface area contributed by atoms with Gasteiger partial charge in [0.05, 0.1) is 5.41 Å². The van der Waals surface area contributed by atoms with E-state index in [0.717, 1.165) is 28.6 Å². The van der Waals surface area contributed by atoms with Gasteiger partial charge in [0, 0.05) is 10.2 Å². The normalized spacial score (nSPS) is 16.8. The maximum absolute atomic E-state index is 11.9. The number of anilines is 1. The number of nitrogens with two attached hydrogens (primary N) is 1. The summed E-state index contributed by atoms with van der Waals surface area (Å²) in [5, 5.41) is 2.99. The van der Waals surface area contributed by atoms with E-state index in [1.807, 2.05) is 19.9 Å². The molecule has 0 bridgehead atoms. The van der Waals surface area contributed by atoms with Crippen molar-refractivity contribution in [1.29, 1.82) is 0 Å². The maximum atomic E-state index is 11.9. The molecule has 0 radical (unpaired) electrons. The van der Waals surface area contributed by atoms with Crippen LogP contribution in [0.4, 0.5) is 5.69 Å². The molecule has 1 amide bonds. The molecule has 1 aromatic rings. The second-order valence-corrected chi connectivity index (χ2v) is 5.87. The Hall–Kier alpha value is -0.870. The van der Waals surface area contributed by atoms with Crippen LogP contribution >= 0.6 is 15.9 Å². The Bertz CT molecular complexity index is 469. The molecular weight excluding hydrogens is 280 g/mol. The number of halogens is 1. The lowest BCUT2D eigenvalue weighted by molar-refractivity contribution is -0.119. The van der Waals surface area contributed by atoms with E-state index in [4.69, 9.17) is 5.73 Å². The Morgan fingerprint density at radius 1 is 1.41 bits per heavy atom. The summed E-state index contributed by atoms with van der Waals surface area (Å²) in [6.45, 7) is 4.57. The van der Waals surface area contributed by atoms with E-state index in [2.05, 4.69) is 27.3 Å². The van der Waals surface area contributed by atoms with Crippen LogP contribution in [0, 0.1) is 0 Å². The van der Waals surface area contributed by atoms with E-state index >= 15 is 0 Å². The molecule has 0 saturated heterocycles. The number of hydrogen-bond acceptors (Lipinski definition) is 2. The minimum absolute atomic E-state index is 0.0691. The largest absolute Gasteiger partial charge is 0.330 e. The van der Waals surface area contributed by atoms with Gasteiger partial charge in [0.2, 0.25) is 5.91 Å². The lowest BCUT2D eigenvalue weighted by atomic mass is 9.85. The van der Waals surface area contributed by atoms with Crippen molar-refractivity contribution in [3.63, 3.8) is 0 Å². The van der Waals surface area contributed by atoms with Gasteiger partial charge in [-0.3, -0.25) is 4.79 Å². The molecule has 0 saturated carbocycles. The van der Waals surface area contributed by atoms with Crippen LogP contribution in [0.5, 0.6) is 0 Å². The first-order valence-corrected chi connectivity index (χ1v) is 6.60. The zero-order valence-electron chi connectivity index (χ0n) is 10.1. The quantitative estimate of drug-likeness (QED) is 0.901. The third-order valence-electron chi connectivity index (χ3n) is 3.31. The molecule has 0 aliphatic carbocycles. The van der Waals surface area contributed by atoms with Gasteiger partial charge in [-0.1, -0.05) is 15.9 Å². The van der Waals surface area contributed by atoms with Crippen LogP contribution in [-0.2, 0) is 16.6 Å². The summed E-state index contributed by atoms with van der Waals surface area (Å²) < 4.78 is 1.02. The summed E-state index contributed by atoms with van der Waals surface area (Å²) >= 11 is 3.51. The maximum Gasteiger partial charge on any atom is 0.234 e. The highest BCUT2D eigenvalue weighted by molar-refractivity contribution is 9.10. The second kappa shape index (κ2) is 4.42. The molecule has 1 aromatic carbocycles. The van der Waals surface area contributed by atoms with Crippen LogP contribution in [-0.4, -0.2) is 12.5 Å². The summed E-state index contributed by atoms with van der Waals surface area (Å²) in [7, 11) is 0. The number of fused-ring (bicyclic) bond motifs is 1. The SMILES string of the molecule is CC1(C)C(=O)Nc2c(CCCN)cc(Br)cc21. The van der Waals surface area contributed by atoms with Gasteiger partial charge in [-0.25, -0.2) is 0 Å². The van der Waals surface area contributed by atoms with Crippen molar-refractivity contribution in [2.75, 3.05) is 11.9 Å². The van der Waals surface area contributed by atoms with E-state index in [1.54, 1.807) is 0 Å². The molecule has 3 N–H and O–H groups in total. The van der Waals surface area contributed by atoms with E-state index in [0.29, 0.717) is 6.54 Å². The monoisotopic (exact) mass is 296 g/mol. The Kier molecular flexibility index (Phi) is 3.27. The lowest BCUT2D eigenvalue weighted by Crippen LogP contribution is -2.26. The molecular formula is C13H17BrN2O. The van der Waals surface area contributed by atoms with Crippen LogP contribution < -0.4 is 11.1 Å². The molecule has 1 aliphatic heterocycles. The molecule has 0 atom stereocenters. The number of aryl methyl sites for hydroxylation is 1. The summed E-state index contributed by atoms with van der Waals surface area (Å²) in [4.78, 5) is 11.9. The average molecular weight is 297 g/mol. The minimum Gasteiger partial charge on any atom is -0.330 e. The van der Waals surface area contributed by atoms with Crippen molar-refractivity contribution in [2.45, 2.75) is 32.1 Å². The van der Waals surface area contributed by atoms with Gasteiger partial charge in [0.25, 0.3) is 0 Å². The molecule has 3 nitrogen and oxygen atoms in total. The van der Waals surface area contributed by atoms with Crippen molar-refractivity contribution < 1.29 is 4.79 Å². The lowest BCUT2D eigenvalue weighted by Gasteiger charge is -2.16. The summed E-state index contributed by atoms with van der Waals surface area (Å²) in [6.07, 6.45) is 1.83. The van der Waals surface area contributed by atoms with Crippen LogP contribution in [0.15, 0.2) is 16.6 Å². The van der Waals surface area contributed by atoms with E-state index in [9.17, 15) is 4.79 Å². The standard InChI is InChI=1S/C13H17BrN2O/c1-13(2)10-7-9(14)6-8(4-3-5-15)11(10)16-12(13)17/h6-7H,3-5,15H2,1-2H3,(H,16,17). The van der Waals surface area contributed by atoms with Crippen LogP contribution in [0.1, 0.15) is 31.4 Å². The number of carbonyl (C=O) groups is 1. The first-order chi connectivity index (χ1) is 7.96. The number of rotatable bonds is 3. The third-order valence-corrected chi connectivity index (χ3v) is 3.77. The first-order valence-electron chi connectivity index (χ1n) is 5.81. The molecule has 0 spiro atoms. The first kappa shape index (κ1) is 12.6. The van der Waals surface area contributed by atoms with Gasteiger partial charge in [-0.15, -0.1) is 0 Å². The van der Waals surface area contributed by atoms with Crippen LogP contribution in [0.2, 0.25) is 0 Å². The third kappa shape index (κ3) is 2.11. The number of amides is 1. The Labute approximate surface area is 110 Å². The zero-order valence-corrected chi connectivity index (χ0v) is 11.7. The Morgan fingerprint density at radius 2 is 2.12 bits per heavy atom. The molecule has 1 aliphatic rings. The van der Waals surface area contributed by atoms with E-state index in [1.165, 1.54) is 5.56 Å². The summed E-state index contributed by atoms with van der Waals surface area (Å²) in [6, 6.07) is 4.09. The second-order valence-electron chi connectivity index (χ2n) is 4.96. The predicted molar refractivity (Wildman–Crippen MR) is 73.2 cm³/mol. The Balaban J connectivity index is 2.49. The molecule has 4 heteroatoms. The van der Waals surface area contributed by atoms with Crippen molar-refractivity contribution in [2.24, 2.45) is 5.73 Å². The fourth-order valence-electron chi connectivity index (χ4n) is 2.19. The van der Waals surface area contributed by atoms with Crippen LogP contribution in [0.25, 0.3) is 0 Å².